The average Bonchev–Trinajstić information content (AvgIpc) is 2.77. The zero-order valence-corrected chi connectivity index (χ0v) is 10.6. The number of carbonyl (C=O) groups excluding carboxylic acids is 1. The maximum atomic E-state index is 12.5. The summed E-state index contributed by atoms with van der Waals surface area (Å²) in [6.07, 6.45) is -2.81. The topological polar surface area (TPSA) is 64.4 Å². The highest BCUT2D eigenvalue weighted by molar-refractivity contribution is 5.86. The molecule has 1 saturated carbocycles. The van der Waals surface area contributed by atoms with Gasteiger partial charge in [-0.1, -0.05) is 0 Å². The van der Waals surface area contributed by atoms with Gasteiger partial charge in [-0.15, -0.1) is 0 Å². The lowest BCUT2D eigenvalue weighted by Crippen LogP contribution is -2.57. The summed E-state index contributed by atoms with van der Waals surface area (Å²) in [7, 11) is 0. The maximum Gasteiger partial charge on any atom is 0.391 e. The summed E-state index contributed by atoms with van der Waals surface area (Å²) in [4.78, 5) is 12.0. The minimum absolute atomic E-state index is 0.0719. The van der Waals surface area contributed by atoms with E-state index in [4.69, 9.17) is 10.5 Å². The Labute approximate surface area is 109 Å². The lowest BCUT2D eigenvalue weighted by Gasteiger charge is -2.32. The Bertz CT molecular complexity index is 332. The molecule has 2 fully saturated rings. The predicted molar refractivity (Wildman–Crippen MR) is 62.3 cm³/mol. The van der Waals surface area contributed by atoms with Gasteiger partial charge in [0.05, 0.1) is 12.5 Å². The van der Waals surface area contributed by atoms with Gasteiger partial charge in [0.15, 0.2) is 0 Å². The largest absolute Gasteiger partial charge is 0.391 e. The molecule has 0 spiro atoms. The van der Waals surface area contributed by atoms with Crippen molar-refractivity contribution in [2.45, 2.75) is 49.9 Å². The number of ether oxygens (including phenoxy) is 1. The summed E-state index contributed by atoms with van der Waals surface area (Å²) < 4.78 is 42.6. The second-order valence-corrected chi connectivity index (χ2v) is 5.52. The van der Waals surface area contributed by atoms with Crippen LogP contribution in [0.3, 0.4) is 0 Å². The summed E-state index contributed by atoms with van der Waals surface area (Å²) in [6, 6.07) is -0.202. The number of alkyl halides is 3. The fraction of sp³-hybridized carbons (Fsp3) is 0.917. The number of hydrogen-bond donors (Lipinski definition) is 2. The van der Waals surface area contributed by atoms with Crippen molar-refractivity contribution in [3.8, 4) is 0 Å². The Morgan fingerprint density at radius 2 is 1.89 bits per heavy atom. The van der Waals surface area contributed by atoms with E-state index in [-0.39, 0.29) is 31.4 Å². The molecule has 0 radical (unpaired) electrons. The van der Waals surface area contributed by atoms with E-state index in [2.05, 4.69) is 5.32 Å². The van der Waals surface area contributed by atoms with Crippen LogP contribution in [0.25, 0.3) is 0 Å². The van der Waals surface area contributed by atoms with E-state index < -0.39 is 17.6 Å². The van der Waals surface area contributed by atoms with Crippen molar-refractivity contribution in [2.24, 2.45) is 11.7 Å². The molecule has 2 aliphatic rings. The van der Waals surface area contributed by atoms with Gasteiger partial charge in [-0.25, -0.2) is 0 Å². The van der Waals surface area contributed by atoms with Crippen LogP contribution in [0.1, 0.15) is 32.1 Å². The van der Waals surface area contributed by atoms with Gasteiger partial charge in [0.2, 0.25) is 5.91 Å². The Morgan fingerprint density at radius 3 is 2.37 bits per heavy atom. The van der Waals surface area contributed by atoms with Crippen molar-refractivity contribution in [1.29, 1.82) is 0 Å². The summed E-state index contributed by atoms with van der Waals surface area (Å²) in [5, 5.41) is 2.76. The van der Waals surface area contributed by atoms with Crippen LogP contribution in [0.2, 0.25) is 0 Å². The van der Waals surface area contributed by atoms with E-state index in [9.17, 15) is 18.0 Å². The van der Waals surface area contributed by atoms with Gasteiger partial charge in [0, 0.05) is 12.6 Å². The molecule has 1 unspecified atom stereocenters. The van der Waals surface area contributed by atoms with Crippen LogP contribution in [0, 0.1) is 5.92 Å². The molecule has 1 amide bonds. The number of amides is 1. The van der Waals surface area contributed by atoms with Crippen molar-refractivity contribution in [2.75, 3.05) is 13.2 Å². The molecular weight excluding hydrogens is 261 g/mol. The molecular formula is C12H19F3N2O2. The first-order valence-corrected chi connectivity index (χ1v) is 6.55. The number of rotatable bonds is 2. The van der Waals surface area contributed by atoms with E-state index in [1.165, 1.54) is 0 Å². The van der Waals surface area contributed by atoms with Crippen molar-refractivity contribution in [3.05, 3.63) is 0 Å². The molecule has 2 rings (SSSR count). The third kappa shape index (κ3) is 3.39. The van der Waals surface area contributed by atoms with Crippen LogP contribution in [0.5, 0.6) is 0 Å². The quantitative estimate of drug-likeness (QED) is 0.802. The molecule has 0 aromatic carbocycles. The summed E-state index contributed by atoms with van der Waals surface area (Å²) in [5.74, 6) is -1.54. The molecule has 0 bridgehead atoms. The zero-order chi connectivity index (χ0) is 14.1. The number of carbonyl (C=O) groups is 1. The van der Waals surface area contributed by atoms with Crippen LogP contribution in [0.15, 0.2) is 0 Å². The Hall–Kier alpha value is -0.820. The molecule has 1 aliphatic heterocycles. The highest BCUT2D eigenvalue weighted by atomic mass is 19.4. The number of nitrogens with one attached hydrogen (secondary N) is 1. The minimum atomic E-state index is -4.12. The molecule has 1 heterocycles. The first-order valence-electron chi connectivity index (χ1n) is 6.55. The molecule has 110 valence electrons. The van der Waals surface area contributed by atoms with E-state index in [0.717, 1.165) is 0 Å². The monoisotopic (exact) mass is 280 g/mol. The highest BCUT2D eigenvalue weighted by Crippen LogP contribution is 2.37. The lowest BCUT2D eigenvalue weighted by molar-refractivity contribution is -0.182. The Morgan fingerprint density at radius 1 is 1.26 bits per heavy atom. The predicted octanol–water partition coefficient (Wildman–Crippen LogP) is 1.34. The molecule has 1 aliphatic carbocycles. The third-order valence-electron chi connectivity index (χ3n) is 4.03. The minimum Gasteiger partial charge on any atom is -0.379 e. The fourth-order valence-corrected chi connectivity index (χ4v) is 2.65. The van der Waals surface area contributed by atoms with Gasteiger partial charge in [0.25, 0.3) is 0 Å². The summed E-state index contributed by atoms with van der Waals surface area (Å²) in [5.41, 5.74) is 4.89. The van der Waals surface area contributed by atoms with Crippen molar-refractivity contribution in [1.82, 2.24) is 5.32 Å². The number of nitrogens with two attached hydrogens (primary N) is 1. The van der Waals surface area contributed by atoms with Crippen LogP contribution >= 0.6 is 0 Å². The molecule has 3 N–H and O–H groups in total. The number of halogens is 3. The standard InChI is InChI=1S/C12H19F3N2O2/c13-12(14,15)8-1-3-9(4-2-8)17-10(18)11(16)5-6-19-7-11/h8-9H,1-7,16H2,(H,17,18). The van der Waals surface area contributed by atoms with Gasteiger partial charge in [-0.2, -0.15) is 13.2 Å². The van der Waals surface area contributed by atoms with Gasteiger partial charge >= 0.3 is 6.18 Å². The fourth-order valence-electron chi connectivity index (χ4n) is 2.65. The smallest absolute Gasteiger partial charge is 0.379 e. The zero-order valence-electron chi connectivity index (χ0n) is 10.6. The second-order valence-electron chi connectivity index (χ2n) is 5.52. The first kappa shape index (κ1) is 14.6. The molecule has 1 atom stereocenters. The van der Waals surface area contributed by atoms with Crippen LogP contribution < -0.4 is 11.1 Å². The first-order chi connectivity index (χ1) is 8.81. The van der Waals surface area contributed by atoms with Crippen LogP contribution in [-0.2, 0) is 9.53 Å². The van der Waals surface area contributed by atoms with Gasteiger partial charge in [-0.05, 0) is 32.1 Å². The Balaban J connectivity index is 1.81. The molecule has 0 aromatic rings. The van der Waals surface area contributed by atoms with Crippen molar-refractivity contribution >= 4 is 5.91 Å². The molecule has 0 aromatic heterocycles. The second kappa shape index (κ2) is 5.28. The molecule has 19 heavy (non-hydrogen) atoms. The normalized spacial score (nSPS) is 36.2. The lowest BCUT2D eigenvalue weighted by atomic mass is 9.85. The van der Waals surface area contributed by atoms with Crippen molar-refractivity contribution in [3.63, 3.8) is 0 Å². The summed E-state index contributed by atoms with van der Waals surface area (Å²) in [6.45, 7) is 0.626. The molecule has 7 heteroatoms. The maximum absolute atomic E-state index is 12.5. The average molecular weight is 280 g/mol. The third-order valence-corrected chi connectivity index (χ3v) is 4.03. The molecule has 4 nitrogen and oxygen atoms in total. The van der Waals surface area contributed by atoms with Crippen LogP contribution in [-0.4, -0.2) is 36.9 Å². The summed E-state index contributed by atoms with van der Waals surface area (Å²) >= 11 is 0. The van der Waals surface area contributed by atoms with Gasteiger partial charge in [0.1, 0.15) is 5.54 Å². The van der Waals surface area contributed by atoms with Crippen molar-refractivity contribution < 1.29 is 22.7 Å². The highest BCUT2D eigenvalue weighted by Gasteiger charge is 2.43. The number of hydrogen-bond acceptors (Lipinski definition) is 3. The molecule has 1 saturated heterocycles. The van der Waals surface area contributed by atoms with E-state index in [1.807, 2.05) is 0 Å². The van der Waals surface area contributed by atoms with Crippen LogP contribution in [0.4, 0.5) is 13.2 Å². The van der Waals surface area contributed by atoms with Gasteiger partial charge < -0.3 is 15.8 Å². The SMILES string of the molecule is NC1(C(=O)NC2CCC(C(F)(F)F)CC2)CCOC1. The van der Waals surface area contributed by atoms with E-state index in [0.29, 0.717) is 25.9 Å². The van der Waals surface area contributed by atoms with E-state index >= 15 is 0 Å². The van der Waals surface area contributed by atoms with E-state index in [1.54, 1.807) is 0 Å². The Kier molecular flexibility index (Phi) is 4.06. The van der Waals surface area contributed by atoms with Gasteiger partial charge in [-0.3, -0.25) is 4.79 Å².